The highest BCUT2D eigenvalue weighted by atomic mass is 19.1. The van der Waals surface area contributed by atoms with Crippen LogP contribution in [0.3, 0.4) is 0 Å². The maximum Gasteiger partial charge on any atom is 0.167 e. The van der Waals surface area contributed by atoms with Gasteiger partial charge in [-0.2, -0.15) is 0 Å². The van der Waals surface area contributed by atoms with Crippen LogP contribution in [0.25, 0.3) is 10.9 Å². The van der Waals surface area contributed by atoms with E-state index in [9.17, 15) is 9.50 Å². The van der Waals surface area contributed by atoms with Gasteiger partial charge in [0.05, 0.1) is 12.6 Å². The zero-order chi connectivity index (χ0) is 15.5. The highest BCUT2D eigenvalue weighted by molar-refractivity contribution is 5.90. The van der Waals surface area contributed by atoms with Gasteiger partial charge in [0.15, 0.2) is 11.6 Å². The molecule has 0 atom stereocenters. The van der Waals surface area contributed by atoms with Crippen molar-refractivity contribution >= 4 is 16.7 Å². The van der Waals surface area contributed by atoms with Gasteiger partial charge < -0.3 is 15.2 Å². The van der Waals surface area contributed by atoms with Crippen molar-refractivity contribution in [1.29, 1.82) is 0 Å². The summed E-state index contributed by atoms with van der Waals surface area (Å²) in [6.45, 7) is 0.264. The first-order chi connectivity index (χ1) is 10.7. The van der Waals surface area contributed by atoms with E-state index in [0.717, 1.165) is 31.1 Å². The van der Waals surface area contributed by atoms with Gasteiger partial charge in [0.1, 0.15) is 12.1 Å². The Bertz CT molecular complexity index is 657. The van der Waals surface area contributed by atoms with Gasteiger partial charge >= 0.3 is 0 Å². The monoisotopic (exact) mass is 305 g/mol. The van der Waals surface area contributed by atoms with E-state index < -0.39 is 5.82 Å². The van der Waals surface area contributed by atoms with E-state index in [-0.39, 0.29) is 12.4 Å². The van der Waals surface area contributed by atoms with E-state index in [0.29, 0.717) is 23.3 Å². The van der Waals surface area contributed by atoms with Gasteiger partial charge in [0.2, 0.25) is 0 Å². The second-order valence-electron chi connectivity index (χ2n) is 5.77. The van der Waals surface area contributed by atoms with E-state index in [1.165, 1.54) is 19.5 Å². The molecule has 1 aromatic carbocycles. The SMILES string of the molecule is COc1cc2c(NC3CCC(CO)CC3)ncnc2cc1F. The zero-order valence-electron chi connectivity index (χ0n) is 12.6. The molecule has 3 rings (SSSR count). The second-order valence-corrected chi connectivity index (χ2v) is 5.77. The molecule has 2 N–H and O–H groups in total. The number of benzene rings is 1. The molecule has 2 aromatic rings. The number of aliphatic hydroxyl groups is 1. The van der Waals surface area contributed by atoms with Crippen LogP contribution in [0, 0.1) is 11.7 Å². The number of hydrogen-bond donors (Lipinski definition) is 2. The number of aliphatic hydroxyl groups excluding tert-OH is 1. The lowest BCUT2D eigenvalue weighted by molar-refractivity contribution is 0.186. The number of hydrogen-bond acceptors (Lipinski definition) is 5. The Morgan fingerprint density at radius 2 is 2.05 bits per heavy atom. The molecule has 5 nitrogen and oxygen atoms in total. The molecular formula is C16H20FN3O2. The smallest absolute Gasteiger partial charge is 0.167 e. The van der Waals surface area contributed by atoms with E-state index in [1.807, 2.05) is 0 Å². The van der Waals surface area contributed by atoms with Crippen LogP contribution in [0.15, 0.2) is 18.5 Å². The lowest BCUT2D eigenvalue weighted by Gasteiger charge is -2.28. The molecule has 0 saturated heterocycles. The standard InChI is InChI=1S/C16H20FN3O2/c1-22-15-6-12-14(7-13(15)17)18-9-19-16(12)20-11-4-2-10(8-21)3-5-11/h6-7,9-11,21H,2-5,8H2,1H3,(H,18,19,20). The fourth-order valence-electron chi connectivity index (χ4n) is 3.01. The van der Waals surface area contributed by atoms with Crippen LogP contribution in [0.2, 0.25) is 0 Å². The van der Waals surface area contributed by atoms with Crippen molar-refractivity contribution in [3.05, 3.63) is 24.3 Å². The Balaban J connectivity index is 1.84. The van der Waals surface area contributed by atoms with E-state index in [2.05, 4.69) is 15.3 Å². The van der Waals surface area contributed by atoms with Gasteiger partial charge in [0, 0.05) is 24.1 Å². The minimum Gasteiger partial charge on any atom is -0.494 e. The molecule has 1 aliphatic rings. The van der Waals surface area contributed by atoms with Gasteiger partial charge in [-0.3, -0.25) is 0 Å². The molecule has 0 aliphatic heterocycles. The Labute approximate surface area is 128 Å². The lowest BCUT2D eigenvalue weighted by Crippen LogP contribution is -2.27. The van der Waals surface area contributed by atoms with Crippen molar-refractivity contribution in [2.75, 3.05) is 19.0 Å². The highest BCUT2D eigenvalue weighted by Gasteiger charge is 2.21. The summed E-state index contributed by atoms with van der Waals surface area (Å²) >= 11 is 0. The summed E-state index contributed by atoms with van der Waals surface area (Å²) in [7, 11) is 1.44. The second kappa shape index (κ2) is 6.44. The van der Waals surface area contributed by atoms with Crippen molar-refractivity contribution < 1.29 is 14.2 Å². The molecule has 1 aliphatic carbocycles. The quantitative estimate of drug-likeness (QED) is 0.909. The maximum atomic E-state index is 13.8. The number of halogens is 1. The summed E-state index contributed by atoms with van der Waals surface area (Å²) in [5, 5.41) is 13.4. The van der Waals surface area contributed by atoms with Crippen LogP contribution < -0.4 is 10.1 Å². The normalized spacial score (nSPS) is 21.8. The number of nitrogens with one attached hydrogen (secondary N) is 1. The van der Waals surface area contributed by atoms with Gasteiger partial charge in [-0.15, -0.1) is 0 Å². The third kappa shape index (κ3) is 2.97. The summed E-state index contributed by atoms with van der Waals surface area (Å²) in [5.41, 5.74) is 0.555. The molecule has 6 heteroatoms. The molecule has 0 unspecified atom stereocenters. The van der Waals surface area contributed by atoms with Crippen molar-refractivity contribution in [3.63, 3.8) is 0 Å². The molecule has 1 aromatic heterocycles. The first-order valence-electron chi connectivity index (χ1n) is 7.57. The number of ether oxygens (including phenoxy) is 1. The Morgan fingerprint density at radius 1 is 1.27 bits per heavy atom. The minimum atomic E-state index is -0.428. The molecule has 22 heavy (non-hydrogen) atoms. The predicted molar refractivity (Wildman–Crippen MR) is 82.5 cm³/mol. The summed E-state index contributed by atoms with van der Waals surface area (Å²) in [6, 6.07) is 3.31. The fraction of sp³-hybridized carbons (Fsp3) is 0.500. The highest BCUT2D eigenvalue weighted by Crippen LogP contribution is 2.30. The van der Waals surface area contributed by atoms with E-state index in [4.69, 9.17) is 4.74 Å². The zero-order valence-corrected chi connectivity index (χ0v) is 12.6. The molecule has 0 bridgehead atoms. The summed E-state index contributed by atoms with van der Waals surface area (Å²) in [6.07, 6.45) is 5.45. The molecule has 118 valence electrons. The Hall–Kier alpha value is -1.95. The molecular weight excluding hydrogens is 285 g/mol. The average molecular weight is 305 g/mol. The van der Waals surface area contributed by atoms with Gasteiger partial charge in [-0.05, 0) is 37.7 Å². The van der Waals surface area contributed by atoms with Crippen LogP contribution in [-0.4, -0.2) is 34.8 Å². The number of aromatic nitrogens is 2. The number of anilines is 1. The largest absolute Gasteiger partial charge is 0.494 e. The Kier molecular flexibility index (Phi) is 4.38. The van der Waals surface area contributed by atoms with Gasteiger partial charge in [-0.25, -0.2) is 14.4 Å². The average Bonchev–Trinajstić information content (AvgIpc) is 2.55. The van der Waals surface area contributed by atoms with Crippen LogP contribution in [0.5, 0.6) is 5.75 Å². The lowest BCUT2D eigenvalue weighted by atomic mass is 9.86. The van der Waals surface area contributed by atoms with Crippen molar-refractivity contribution in [3.8, 4) is 5.75 Å². The van der Waals surface area contributed by atoms with Crippen LogP contribution in [0.4, 0.5) is 10.2 Å². The summed E-state index contributed by atoms with van der Waals surface area (Å²) < 4.78 is 18.8. The van der Waals surface area contributed by atoms with Crippen LogP contribution in [-0.2, 0) is 0 Å². The molecule has 0 radical (unpaired) electrons. The van der Waals surface area contributed by atoms with Crippen LogP contribution >= 0.6 is 0 Å². The van der Waals surface area contributed by atoms with Crippen molar-refractivity contribution in [1.82, 2.24) is 9.97 Å². The van der Waals surface area contributed by atoms with Crippen LogP contribution in [0.1, 0.15) is 25.7 Å². The van der Waals surface area contributed by atoms with Gasteiger partial charge in [-0.1, -0.05) is 0 Å². The molecule has 1 fully saturated rings. The molecule has 0 amide bonds. The first-order valence-corrected chi connectivity index (χ1v) is 7.57. The number of rotatable bonds is 4. The van der Waals surface area contributed by atoms with Crippen molar-refractivity contribution in [2.45, 2.75) is 31.7 Å². The minimum absolute atomic E-state index is 0.189. The topological polar surface area (TPSA) is 67.3 Å². The fourth-order valence-corrected chi connectivity index (χ4v) is 3.01. The summed E-state index contributed by atoms with van der Waals surface area (Å²) in [4.78, 5) is 8.41. The van der Waals surface area contributed by atoms with E-state index in [1.54, 1.807) is 6.07 Å². The third-order valence-corrected chi connectivity index (χ3v) is 4.35. The van der Waals surface area contributed by atoms with E-state index >= 15 is 0 Å². The predicted octanol–water partition coefficient (Wildman–Crippen LogP) is 2.74. The summed E-state index contributed by atoms with van der Waals surface area (Å²) in [5.74, 6) is 0.877. The van der Waals surface area contributed by atoms with Gasteiger partial charge in [0.25, 0.3) is 0 Å². The Morgan fingerprint density at radius 3 is 2.73 bits per heavy atom. The number of methoxy groups -OCH3 is 1. The molecule has 0 spiro atoms. The van der Waals surface area contributed by atoms with Crippen molar-refractivity contribution in [2.24, 2.45) is 5.92 Å². The number of nitrogens with zero attached hydrogens (tertiary/aromatic N) is 2. The number of fused-ring (bicyclic) bond motifs is 1. The third-order valence-electron chi connectivity index (χ3n) is 4.35. The first kappa shape index (κ1) is 15.0. The maximum absolute atomic E-state index is 13.8. The molecule has 1 heterocycles. The molecule has 1 saturated carbocycles.